The summed E-state index contributed by atoms with van der Waals surface area (Å²) in [7, 11) is 3.56. The van der Waals surface area contributed by atoms with Crippen molar-refractivity contribution in [3.63, 3.8) is 0 Å². The van der Waals surface area contributed by atoms with Crippen LogP contribution in [0.1, 0.15) is 39.5 Å². The average molecular weight is 286 g/mol. The first kappa shape index (κ1) is 17.4. The Morgan fingerprint density at radius 3 is 2.60 bits per heavy atom. The molecule has 1 fully saturated rings. The van der Waals surface area contributed by atoms with E-state index < -0.39 is 5.54 Å². The van der Waals surface area contributed by atoms with Gasteiger partial charge < -0.3 is 14.8 Å². The lowest BCUT2D eigenvalue weighted by Gasteiger charge is -2.28. The molecule has 0 aromatic carbocycles. The van der Waals surface area contributed by atoms with Crippen LogP contribution in [0.4, 0.5) is 0 Å². The number of hydrogen-bond acceptors (Lipinski definition) is 5. The summed E-state index contributed by atoms with van der Waals surface area (Å²) in [6.07, 6.45) is 4.37. The van der Waals surface area contributed by atoms with Gasteiger partial charge in [0.1, 0.15) is 5.54 Å². The van der Waals surface area contributed by atoms with Crippen LogP contribution in [0, 0.1) is 0 Å². The lowest BCUT2D eigenvalue weighted by molar-refractivity contribution is -0.150. The zero-order valence-electron chi connectivity index (χ0n) is 13.4. The first-order valence-electron chi connectivity index (χ1n) is 7.66. The Kier molecular flexibility index (Phi) is 7.48. The van der Waals surface area contributed by atoms with Gasteiger partial charge in [-0.15, -0.1) is 0 Å². The van der Waals surface area contributed by atoms with E-state index in [1.54, 1.807) is 7.11 Å². The molecule has 1 N–H and O–H groups in total. The van der Waals surface area contributed by atoms with Crippen molar-refractivity contribution < 1.29 is 14.3 Å². The fraction of sp³-hybridized carbons (Fsp3) is 0.933. The minimum atomic E-state index is -0.577. The summed E-state index contributed by atoms with van der Waals surface area (Å²) in [5.41, 5.74) is -0.577. The van der Waals surface area contributed by atoms with Gasteiger partial charge >= 0.3 is 5.97 Å². The lowest BCUT2D eigenvalue weighted by atomic mass is 9.96. The van der Waals surface area contributed by atoms with Gasteiger partial charge in [-0.05, 0) is 53.1 Å². The number of likely N-dealkylation sites (N-methyl/N-ethyl adjacent to an activating group) is 1. The molecule has 118 valence electrons. The van der Waals surface area contributed by atoms with Crippen molar-refractivity contribution in [3.05, 3.63) is 0 Å². The number of hydrogen-bond donors (Lipinski definition) is 1. The monoisotopic (exact) mass is 286 g/mol. The molecule has 1 unspecified atom stereocenters. The highest BCUT2D eigenvalue weighted by Gasteiger charge is 2.33. The average Bonchev–Trinajstić information content (AvgIpc) is 3.27. The van der Waals surface area contributed by atoms with Gasteiger partial charge in [-0.25, -0.2) is 0 Å². The van der Waals surface area contributed by atoms with E-state index in [1.807, 2.05) is 20.9 Å². The number of nitrogens with one attached hydrogen (secondary N) is 1. The molecule has 0 amide bonds. The first-order chi connectivity index (χ1) is 9.57. The number of rotatable bonds is 11. The minimum absolute atomic E-state index is 0.155. The maximum absolute atomic E-state index is 12.0. The van der Waals surface area contributed by atoms with Gasteiger partial charge in [-0.2, -0.15) is 0 Å². The summed E-state index contributed by atoms with van der Waals surface area (Å²) in [4.78, 5) is 14.4. The van der Waals surface area contributed by atoms with Crippen molar-refractivity contribution in [2.24, 2.45) is 0 Å². The van der Waals surface area contributed by atoms with Crippen molar-refractivity contribution in [2.45, 2.75) is 51.1 Å². The molecule has 0 aliphatic heterocycles. The van der Waals surface area contributed by atoms with Crippen LogP contribution < -0.4 is 5.32 Å². The van der Waals surface area contributed by atoms with E-state index in [1.165, 1.54) is 12.8 Å². The molecule has 0 saturated heterocycles. The summed E-state index contributed by atoms with van der Waals surface area (Å²) in [6, 6.07) is 0.730. The van der Waals surface area contributed by atoms with E-state index in [9.17, 15) is 4.79 Å². The third kappa shape index (κ3) is 5.38. The Balaban J connectivity index is 2.36. The Bertz CT molecular complexity index is 295. The third-order valence-electron chi connectivity index (χ3n) is 4.05. The highest BCUT2D eigenvalue weighted by molar-refractivity contribution is 5.80. The van der Waals surface area contributed by atoms with Crippen molar-refractivity contribution in [3.8, 4) is 0 Å². The van der Waals surface area contributed by atoms with Crippen LogP contribution in [0.2, 0.25) is 0 Å². The molecule has 0 heterocycles. The first-order valence-corrected chi connectivity index (χ1v) is 7.66. The van der Waals surface area contributed by atoms with Crippen LogP contribution in [0.25, 0.3) is 0 Å². The molecule has 1 aliphatic carbocycles. The van der Waals surface area contributed by atoms with E-state index in [2.05, 4.69) is 10.2 Å². The highest BCUT2D eigenvalue weighted by Crippen LogP contribution is 2.27. The van der Waals surface area contributed by atoms with E-state index in [0.29, 0.717) is 6.61 Å². The SMILES string of the molecule is CCOC(=O)C(C)(CCCN(CCOC)C1CC1)NC. The standard InChI is InChI=1S/C15H30N2O3/c1-5-20-14(18)15(2,16-3)9-6-10-17(11-12-19-4)13-7-8-13/h13,16H,5-12H2,1-4H3. The molecule has 1 saturated carbocycles. The number of methoxy groups -OCH3 is 1. The molecular formula is C15H30N2O3. The molecule has 20 heavy (non-hydrogen) atoms. The normalized spacial score (nSPS) is 18.1. The van der Waals surface area contributed by atoms with E-state index in [-0.39, 0.29) is 5.97 Å². The minimum Gasteiger partial charge on any atom is -0.465 e. The molecule has 0 spiro atoms. The van der Waals surface area contributed by atoms with Crippen molar-refractivity contribution in [1.29, 1.82) is 0 Å². The fourth-order valence-electron chi connectivity index (χ4n) is 2.38. The lowest BCUT2D eigenvalue weighted by Crippen LogP contribution is -2.49. The van der Waals surface area contributed by atoms with Gasteiger partial charge in [0.25, 0.3) is 0 Å². The Labute approximate surface area is 123 Å². The Morgan fingerprint density at radius 1 is 1.40 bits per heavy atom. The van der Waals surface area contributed by atoms with Gasteiger partial charge in [-0.3, -0.25) is 9.69 Å². The van der Waals surface area contributed by atoms with Gasteiger partial charge in [0.2, 0.25) is 0 Å². The summed E-state index contributed by atoms with van der Waals surface area (Å²) in [5, 5.41) is 3.11. The molecular weight excluding hydrogens is 256 g/mol. The molecule has 5 nitrogen and oxygen atoms in total. The molecule has 0 bridgehead atoms. The summed E-state index contributed by atoms with van der Waals surface area (Å²) >= 11 is 0. The number of ether oxygens (including phenoxy) is 2. The van der Waals surface area contributed by atoms with Crippen LogP contribution in [0.5, 0.6) is 0 Å². The second-order valence-electron chi connectivity index (χ2n) is 5.67. The zero-order valence-corrected chi connectivity index (χ0v) is 13.4. The predicted molar refractivity (Wildman–Crippen MR) is 79.8 cm³/mol. The van der Waals surface area contributed by atoms with Gasteiger partial charge in [-0.1, -0.05) is 0 Å². The summed E-state index contributed by atoms with van der Waals surface area (Å²) in [6.45, 7) is 6.96. The molecule has 0 aromatic rings. The number of carbonyl (C=O) groups excluding carboxylic acids is 1. The van der Waals surface area contributed by atoms with Crippen molar-refractivity contribution in [1.82, 2.24) is 10.2 Å². The Hall–Kier alpha value is -0.650. The van der Waals surface area contributed by atoms with Crippen molar-refractivity contribution in [2.75, 3.05) is 40.5 Å². The highest BCUT2D eigenvalue weighted by atomic mass is 16.5. The summed E-state index contributed by atoms with van der Waals surface area (Å²) in [5.74, 6) is -0.155. The maximum Gasteiger partial charge on any atom is 0.326 e. The topological polar surface area (TPSA) is 50.8 Å². The van der Waals surface area contributed by atoms with Gasteiger partial charge in [0, 0.05) is 19.7 Å². The molecule has 1 atom stereocenters. The molecule has 0 radical (unpaired) electrons. The largest absolute Gasteiger partial charge is 0.465 e. The quantitative estimate of drug-likeness (QED) is 0.582. The predicted octanol–water partition coefficient (Wildman–Crippen LogP) is 1.42. The van der Waals surface area contributed by atoms with Crippen LogP contribution in [-0.4, -0.2) is 62.9 Å². The van der Waals surface area contributed by atoms with Gasteiger partial charge in [0.15, 0.2) is 0 Å². The molecule has 0 aromatic heterocycles. The molecule has 5 heteroatoms. The van der Waals surface area contributed by atoms with E-state index in [0.717, 1.165) is 38.6 Å². The second kappa shape index (κ2) is 8.60. The van der Waals surface area contributed by atoms with Crippen molar-refractivity contribution >= 4 is 5.97 Å². The smallest absolute Gasteiger partial charge is 0.326 e. The Morgan fingerprint density at radius 2 is 2.10 bits per heavy atom. The van der Waals surface area contributed by atoms with E-state index >= 15 is 0 Å². The van der Waals surface area contributed by atoms with Crippen LogP contribution in [0.3, 0.4) is 0 Å². The molecule has 1 aliphatic rings. The zero-order chi connectivity index (χ0) is 15.0. The summed E-state index contributed by atoms with van der Waals surface area (Å²) < 4.78 is 10.3. The number of esters is 1. The third-order valence-corrected chi connectivity index (χ3v) is 4.05. The second-order valence-corrected chi connectivity index (χ2v) is 5.67. The molecule has 1 rings (SSSR count). The number of nitrogens with zero attached hydrogens (tertiary/aromatic N) is 1. The number of carbonyl (C=O) groups is 1. The maximum atomic E-state index is 12.0. The van der Waals surface area contributed by atoms with Crippen LogP contribution in [0.15, 0.2) is 0 Å². The van der Waals surface area contributed by atoms with Crippen LogP contribution >= 0.6 is 0 Å². The van der Waals surface area contributed by atoms with Gasteiger partial charge in [0.05, 0.1) is 13.2 Å². The van der Waals surface area contributed by atoms with Crippen LogP contribution in [-0.2, 0) is 14.3 Å². The van der Waals surface area contributed by atoms with E-state index in [4.69, 9.17) is 9.47 Å². The fourth-order valence-corrected chi connectivity index (χ4v) is 2.38.